The van der Waals surface area contributed by atoms with Crippen molar-refractivity contribution >= 4 is 5.57 Å². The quantitative estimate of drug-likeness (QED) is 0.514. The molecule has 0 nitrogen and oxygen atoms in total. The van der Waals surface area contributed by atoms with Crippen molar-refractivity contribution in [3.05, 3.63) is 65.5 Å². The minimum atomic E-state index is -0.0830. The summed E-state index contributed by atoms with van der Waals surface area (Å²) in [4.78, 5) is 0. The van der Waals surface area contributed by atoms with E-state index < -0.39 is 0 Å². The minimum absolute atomic E-state index is 0.0830. The van der Waals surface area contributed by atoms with E-state index in [1.54, 1.807) is 6.07 Å². The molecule has 2 aromatic rings. The van der Waals surface area contributed by atoms with Crippen molar-refractivity contribution in [1.29, 1.82) is 0 Å². The number of hydrogen-bond donors (Lipinski definition) is 0. The number of rotatable bonds is 6. The van der Waals surface area contributed by atoms with Crippen molar-refractivity contribution in [1.82, 2.24) is 0 Å². The topological polar surface area (TPSA) is 0 Å². The van der Waals surface area contributed by atoms with Crippen LogP contribution >= 0.6 is 0 Å². The largest absolute Gasteiger partial charge is 0.207 e. The highest BCUT2D eigenvalue weighted by Crippen LogP contribution is 2.33. The predicted octanol–water partition coefficient (Wildman–Crippen LogP) is 7.43. The second-order valence-electron chi connectivity index (χ2n) is 7.29. The van der Waals surface area contributed by atoms with Gasteiger partial charge in [0.1, 0.15) is 5.82 Å². The van der Waals surface area contributed by atoms with Crippen LogP contribution in [0.4, 0.5) is 4.39 Å². The highest BCUT2D eigenvalue weighted by atomic mass is 19.1. The van der Waals surface area contributed by atoms with Crippen LogP contribution < -0.4 is 0 Å². The molecule has 25 heavy (non-hydrogen) atoms. The fraction of sp³-hybridized carbons (Fsp3) is 0.417. The Morgan fingerprint density at radius 2 is 1.64 bits per heavy atom. The lowest BCUT2D eigenvalue weighted by Gasteiger charge is -2.21. The molecule has 3 rings (SSSR count). The van der Waals surface area contributed by atoms with Crippen LogP contribution in [0.2, 0.25) is 0 Å². The second kappa shape index (κ2) is 8.47. The molecule has 2 aromatic carbocycles. The van der Waals surface area contributed by atoms with E-state index in [4.69, 9.17) is 0 Å². The average Bonchev–Trinajstić information content (AvgIpc) is 2.65. The monoisotopic (exact) mass is 336 g/mol. The molecule has 0 bridgehead atoms. The molecular weight excluding hydrogens is 307 g/mol. The number of allylic oxidation sites excluding steroid dienone is 2. The first kappa shape index (κ1) is 17.9. The first-order chi connectivity index (χ1) is 12.2. The Morgan fingerprint density at radius 1 is 0.920 bits per heavy atom. The van der Waals surface area contributed by atoms with Gasteiger partial charge in [-0.3, -0.25) is 0 Å². The van der Waals surface area contributed by atoms with E-state index in [9.17, 15) is 4.39 Å². The Bertz CT molecular complexity index is 724. The Hall–Kier alpha value is -1.89. The lowest BCUT2D eigenvalue weighted by Crippen LogP contribution is -2.04. The maximum atomic E-state index is 14.2. The summed E-state index contributed by atoms with van der Waals surface area (Å²) < 4.78 is 14.2. The van der Waals surface area contributed by atoms with Crippen molar-refractivity contribution in [2.75, 3.05) is 0 Å². The van der Waals surface area contributed by atoms with Gasteiger partial charge in [0.05, 0.1) is 0 Å². The zero-order chi connectivity index (χ0) is 17.6. The van der Waals surface area contributed by atoms with Crippen molar-refractivity contribution in [3.63, 3.8) is 0 Å². The SMILES string of the molecule is CCCc1ccc(-c2ccc(C3=CCC(CCC)CC3)cc2)cc1F. The highest BCUT2D eigenvalue weighted by molar-refractivity contribution is 5.71. The molecule has 0 saturated carbocycles. The first-order valence-corrected chi connectivity index (χ1v) is 9.79. The summed E-state index contributed by atoms with van der Waals surface area (Å²) in [5, 5.41) is 0. The van der Waals surface area contributed by atoms with Crippen molar-refractivity contribution < 1.29 is 4.39 Å². The molecule has 1 aliphatic rings. The fourth-order valence-corrected chi connectivity index (χ4v) is 3.90. The summed E-state index contributed by atoms with van der Waals surface area (Å²) in [7, 11) is 0. The molecule has 1 aliphatic carbocycles. The van der Waals surface area contributed by atoms with Crippen LogP contribution in [0.5, 0.6) is 0 Å². The van der Waals surface area contributed by atoms with Crippen molar-refractivity contribution in [2.45, 2.75) is 58.8 Å². The fourth-order valence-electron chi connectivity index (χ4n) is 3.90. The second-order valence-corrected chi connectivity index (χ2v) is 7.29. The van der Waals surface area contributed by atoms with E-state index >= 15 is 0 Å². The Balaban J connectivity index is 1.73. The summed E-state index contributed by atoms with van der Waals surface area (Å²) in [6.45, 7) is 4.35. The van der Waals surface area contributed by atoms with E-state index in [-0.39, 0.29) is 5.82 Å². The molecule has 0 spiro atoms. The van der Waals surface area contributed by atoms with Gasteiger partial charge in [-0.25, -0.2) is 4.39 Å². The van der Waals surface area contributed by atoms with Gasteiger partial charge in [-0.15, -0.1) is 0 Å². The van der Waals surface area contributed by atoms with E-state index in [1.165, 1.54) is 43.2 Å². The van der Waals surface area contributed by atoms with Gasteiger partial charge < -0.3 is 0 Å². The standard InChI is InChI=1S/C24H29F/c1-3-5-18-7-9-19(10-8-18)20-11-13-21(14-12-20)23-16-15-22(6-4-2)24(25)17-23/h9,11-18H,3-8,10H2,1-2H3. The number of halogens is 1. The number of benzene rings is 2. The van der Waals surface area contributed by atoms with Crippen LogP contribution in [0.15, 0.2) is 48.5 Å². The Labute approximate surface area is 151 Å². The van der Waals surface area contributed by atoms with Gasteiger partial charge in [-0.1, -0.05) is 75.6 Å². The molecule has 1 heteroatoms. The Morgan fingerprint density at radius 3 is 2.24 bits per heavy atom. The first-order valence-electron chi connectivity index (χ1n) is 9.79. The minimum Gasteiger partial charge on any atom is -0.207 e. The molecule has 1 atom stereocenters. The van der Waals surface area contributed by atoms with Gasteiger partial charge >= 0.3 is 0 Å². The van der Waals surface area contributed by atoms with Gasteiger partial charge in [0.25, 0.3) is 0 Å². The van der Waals surface area contributed by atoms with Crippen LogP contribution in [0, 0.1) is 11.7 Å². The normalized spacial score (nSPS) is 17.4. The molecule has 0 aromatic heterocycles. The van der Waals surface area contributed by atoms with Gasteiger partial charge in [-0.05, 0) is 65.5 Å². The van der Waals surface area contributed by atoms with Crippen LogP contribution in [0.3, 0.4) is 0 Å². The van der Waals surface area contributed by atoms with E-state index in [0.29, 0.717) is 0 Å². The lowest BCUT2D eigenvalue weighted by molar-refractivity contribution is 0.445. The molecule has 132 valence electrons. The van der Waals surface area contributed by atoms with Crippen LogP contribution in [-0.4, -0.2) is 0 Å². The number of aryl methyl sites for hydroxylation is 1. The summed E-state index contributed by atoms with van der Waals surface area (Å²) in [6.07, 6.45) is 10.6. The van der Waals surface area contributed by atoms with Crippen LogP contribution in [0.25, 0.3) is 16.7 Å². The van der Waals surface area contributed by atoms with Crippen molar-refractivity contribution in [3.8, 4) is 11.1 Å². The predicted molar refractivity (Wildman–Crippen MR) is 106 cm³/mol. The zero-order valence-corrected chi connectivity index (χ0v) is 15.5. The maximum Gasteiger partial charge on any atom is 0.127 e. The summed E-state index contributed by atoms with van der Waals surface area (Å²) in [5.74, 6) is 0.790. The van der Waals surface area contributed by atoms with E-state index in [0.717, 1.165) is 35.4 Å². The van der Waals surface area contributed by atoms with Crippen LogP contribution in [-0.2, 0) is 6.42 Å². The third-order valence-electron chi connectivity index (χ3n) is 5.38. The molecular formula is C24H29F. The summed E-state index contributed by atoms with van der Waals surface area (Å²) in [5.41, 5.74) is 5.66. The average molecular weight is 336 g/mol. The third-order valence-corrected chi connectivity index (χ3v) is 5.38. The van der Waals surface area contributed by atoms with Gasteiger partial charge in [-0.2, -0.15) is 0 Å². The molecule has 0 saturated heterocycles. The van der Waals surface area contributed by atoms with E-state index in [1.807, 2.05) is 12.1 Å². The molecule has 0 aliphatic heterocycles. The molecule has 0 amide bonds. The van der Waals surface area contributed by atoms with Gasteiger partial charge in [0, 0.05) is 0 Å². The molecule has 0 fully saturated rings. The molecule has 0 heterocycles. The lowest BCUT2D eigenvalue weighted by atomic mass is 9.84. The van der Waals surface area contributed by atoms with Crippen LogP contribution in [0.1, 0.15) is 63.5 Å². The number of hydrogen-bond acceptors (Lipinski definition) is 0. The maximum absolute atomic E-state index is 14.2. The van der Waals surface area contributed by atoms with Gasteiger partial charge in [0.15, 0.2) is 0 Å². The summed E-state index contributed by atoms with van der Waals surface area (Å²) >= 11 is 0. The molecule has 0 radical (unpaired) electrons. The van der Waals surface area contributed by atoms with E-state index in [2.05, 4.69) is 44.2 Å². The van der Waals surface area contributed by atoms with Gasteiger partial charge in [0.2, 0.25) is 0 Å². The highest BCUT2D eigenvalue weighted by Gasteiger charge is 2.14. The molecule has 0 N–H and O–H groups in total. The van der Waals surface area contributed by atoms with Crippen molar-refractivity contribution in [2.24, 2.45) is 5.92 Å². The summed E-state index contributed by atoms with van der Waals surface area (Å²) in [6, 6.07) is 14.3. The Kier molecular flexibility index (Phi) is 6.07. The zero-order valence-electron chi connectivity index (χ0n) is 15.5. The smallest absolute Gasteiger partial charge is 0.127 e. The third kappa shape index (κ3) is 4.39. The molecule has 1 unspecified atom stereocenters.